The normalized spacial score (nSPS) is 14.2. The van der Waals surface area contributed by atoms with E-state index in [0.717, 1.165) is 46.5 Å². The van der Waals surface area contributed by atoms with Crippen molar-refractivity contribution < 1.29 is 9.32 Å². The van der Waals surface area contributed by atoms with E-state index in [4.69, 9.17) is 15.2 Å². The van der Waals surface area contributed by atoms with Gasteiger partial charge in [-0.1, -0.05) is 54.2 Å². The predicted octanol–water partition coefficient (Wildman–Crippen LogP) is 4.69. The van der Waals surface area contributed by atoms with Gasteiger partial charge in [-0.05, 0) is 18.9 Å². The standard InChI is InChI=1S/C28H25N7O2/c1-2-21-25(19-11-14-34(15-12-19)28(36)24-10-13-32-37-24)33-27-22(17-31-35(27)26(21)29)20-8-9-23(30-16-20)18-6-4-3-5-7-18/h2-10,13,16-17,19H,1,11-12,14-15,29H2. The van der Waals surface area contributed by atoms with Crippen molar-refractivity contribution in [2.45, 2.75) is 18.8 Å². The highest BCUT2D eigenvalue weighted by Crippen LogP contribution is 2.35. The number of anilines is 1. The van der Waals surface area contributed by atoms with Crippen LogP contribution in [0.25, 0.3) is 34.1 Å². The maximum Gasteiger partial charge on any atom is 0.292 e. The molecule has 1 fully saturated rings. The lowest BCUT2D eigenvalue weighted by molar-refractivity contribution is 0.0670. The molecule has 9 heteroatoms. The Hall–Kier alpha value is -4.79. The summed E-state index contributed by atoms with van der Waals surface area (Å²) in [5.41, 5.74) is 12.6. The van der Waals surface area contributed by atoms with E-state index < -0.39 is 0 Å². The molecule has 184 valence electrons. The zero-order valence-electron chi connectivity index (χ0n) is 20.1. The number of pyridine rings is 1. The molecule has 4 aromatic heterocycles. The number of fused-ring (bicyclic) bond motifs is 1. The molecule has 5 heterocycles. The van der Waals surface area contributed by atoms with Crippen LogP contribution in [0, 0.1) is 0 Å². The lowest BCUT2D eigenvalue weighted by atomic mass is 9.90. The third-order valence-corrected chi connectivity index (χ3v) is 6.92. The number of likely N-dealkylation sites (tertiary alicyclic amines) is 1. The Bertz CT molecular complexity index is 1570. The molecule has 0 saturated carbocycles. The fraction of sp³-hybridized carbons (Fsp3) is 0.179. The first-order chi connectivity index (χ1) is 18.1. The number of nitrogen functional groups attached to an aromatic ring is 1. The summed E-state index contributed by atoms with van der Waals surface area (Å²) in [6, 6.07) is 15.7. The highest BCUT2D eigenvalue weighted by molar-refractivity contribution is 5.91. The summed E-state index contributed by atoms with van der Waals surface area (Å²) in [5.74, 6) is 0.729. The molecular formula is C28H25N7O2. The maximum absolute atomic E-state index is 12.7. The van der Waals surface area contributed by atoms with Crippen molar-refractivity contribution in [3.8, 4) is 22.4 Å². The van der Waals surface area contributed by atoms with E-state index in [1.54, 1.807) is 27.8 Å². The minimum absolute atomic E-state index is 0.125. The molecule has 9 nitrogen and oxygen atoms in total. The highest BCUT2D eigenvalue weighted by atomic mass is 16.5. The van der Waals surface area contributed by atoms with Gasteiger partial charge in [0.1, 0.15) is 5.82 Å². The first-order valence-electron chi connectivity index (χ1n) is 12.2. The molecule has 1 aliphatic rings. The number of piperidine rings is 1. The number of nitrogens with zero attached hydrogens (tertiary/aromatic N) is 6. The van der Waals surface area contributed by atoms with Gasteiger partial charge in [-0.2, -0.15) is 9.61 Å². The summed E-state index contributed by atoms with van der Waals surface area (Å²) in [6.45, 7) is 5.16. The number of hydrogen-bond donors (Lipinski definition) is 1. The second-order valence-electron chi connectivity index (χ2n) is 9.04. The van der Waals surface area contributed by atoms with Crippen LogP contribution in [0.2, 0.25) is 0 Å². The van der Waals surface area contributed by atoms with Gasteiger partial charge in [0.05, 0.1) is 23.8 Å². The maximum atomic E-state index is 12.7. The molecule has 0 bridgehead atoms. The summed E-state index contributed by atoms with van der Waals surface area (Å²) in [4.78, 5) is 24.2. The molecule has 0 aliphatic carbocycles. The Kier molecular flexibility index (Phi) is 5.72. The zero-order chi connectivity index (χ0) is 25.4. The van der Waals surface area contributed by atoms with Gasteiger partial charge >= 0.3 is 0 Å². The van der Waals surface area contributed by atoms with Crippen LogP contribution in [-0.4, -0.2) is 48.6 Å². The second-order valence-corrected chi connectivity index (χ2v) is 9.04. The second kappa shape index (κ2) is 9.34. The fourth-order valence-corrected chi connectivity index (χ4v) is 4.94. The number of carbonyl (C=O) groups excluding carboxylic acids is 1. The van der Waals surface area contributed by atoms with E-state index in [1.165, 1.54) is 6.20 Å². The van der Waals surface area contributed by atoms with E-state index in [2.05, 4.69) is 21.8 Å². The van der Waals surface area contributed by atoms with Gasteiger partial charge in [-0.25, -0.2) is 4.98 Å². The minimum atomic E-state index is -0.146. The molecule has 1 amide bonds. The van der Waals surface area contributed by atoms with Crippen LogP contribution < -0.4 is 5.73 Å². The Morgan fingerprint density at radius 2 is 1.86 bits per heavy atom. The van der Waals surface area contributed by atoms with Crippen LogP contribution in [0.3, 0.4) is 0 Å². The summed E-state index contributed by atoms with van der Waals surface area (Å²) < 4.78 is 6.70. The van der Waals surface area contributed by atoms with Gasteiger partial charge < -0.3 is 15.2 Å². The van der Waals surface area contributed by atoms with Crippen molar-refractivity contribution in [2.24, 2.45) is 0 Å². The molecule has 5 aromatic rings. The summed E-state index contributed by atoms with van der Waals surface area (Å²) in [7, 11) is 0. The monoisotopic (exact) mass is 491 g/mol. The van der Waals surface area contributed by atoms with Crippen LogP contribution >= 0.6 is 0 Å². The molecule has 2 N–H and O–H groups in total. The molecule has 37 heavy (non-hydrogen) atoms. The topological polar surface area (TPSA) is 115 Å². The number of aromatic nitrogens is 5. The SMILES string of the molecule is C=Cc1c(C2CCN(C(=O)c3ccno3)CC2)nc2c(-c3ccc(-c4ccccc4)nc3)cnn2c1N. The first kappa shape index (κ1) is 22.7. The quantitative estimate of drug-likeness (QED) is 0.379. The minimum Gasteiger partial charge on any atom is -0.383 e. The van der Waals surface area contributed by atoms with Crippen LogP contribution in [0.15, 0.2) is 78.2 Å². The number of carbonyl (C=O) groups is 1. The average molecular weight is 492 g/mol. The molecule has 0 radical (unpaired) electrons. The average Bonchev–Trinajstić information content (AvgIpc) is 3.64. The van der Waals surface area contributed by atoms with Crippen molar-refractivity contribution >= 4 is 23.4 Å². The Morgan fingerprint density at radius 1 is 1.05 bits per heavy atom. The number of amides is 1. The van der Waals surface area contributed by atoms with Gasteiger partial charge in [0.15, 0.2) is 5.65 Å². The largest absolute Gasteiger partial charge is 0.383 e. The summed E-state index contributed by atoms with van der Waals surface area (Å²) >= 11 is 0. The number of rotatable bonds is 5. The van der Waals surface area contributed by atoms with Crippen molar-refractivity contribution in [1.82, 2.24) is 29.6 Å². The molecule has 1 aliphatic heterocycles. The van der Waals surface area contributed by atoms with Crippen molar-refractivity contribution in [1.29, 1.82) is 0 Å². The number of hydrogen-bond acceptors (Lipinski definition) is 7. The van der Waals surface area contributed by atoms with Gasteiger partial charge in [0, 0.05) is 53.5 Å². The predicted molar refractivity (Wildman–Crippen MR) is 141 cm³/mol. The lowest BCUT2D eigenvalue weighted by Crippen LogP contribution is -2.38. The van der Waals surface area contributed by atoms with Gasteiger partial charge in [0.2, 0.25) is 5.76 Å². The van der Waals surface area contributed by atoms with E-state index in [1.807, 2.05) is 48.7 Å². The molecule has 1 aromatic carbocycles. The zero-order valence-corrected chi connectivity index (χ0v) is 20.1. The third-order valence-electron chi connectivity index (χ3n) is 6.92. The first-order valence-corrected chi connectivity index (χ1v) is 12.2. The molecular weight excluding hydrogens is 466 g/mol. The van der Waals surface area contributed by atoms with Crippen molar-refractivity contribution in [3.05, 3.63) is 90.7 Å². The number of nitrogens with two attached hydrogens (primary N) is 1. The van der Waals surface area contributed by atoms with Crippen LogP contribution in [-0.2, 0) is 0 Å². The third kappa shape index (κ3) is 4.04. The van der Waals surface area contributed by atoms with Gasteiger partial charge in [-0.15, -0.1) is 0 Å². The Labute approximate surface area is 213 Å². The lowest BCUT2D eigenvalue weighted by Gasteiger charge is -2.31. The number of benzene rings is 1. The molecule has 0 atom stereocenters. The Morgan fingerprint density at radius 3 is 2.54 bits per heavy atom. The molecule has 1 saturated heterocycles. The van der Waals surface area contributed by atoms with Gasteiger partial charge in [-0.3, -0.25) is 9.78 Å². The van der Waals surface area contributed by atoms with Crippen molar-refractivity contribution in [2.75, 3.05) is 18.8 Å². The van der Waals surface area contributed by atoms with Crippen LogP contribution in [0.5, 0.6) is 0 Å². The molecule has 0 unspecified atom stereocenters. The molecule has 0 spiro atoms. The smallest absolute Gasteiger partial charge is 0.292 e. The Balaban J connectivity index is 1.31. The summed E-state index contributed by atoms with van der Waals surface area (Å²) in [5, 5.41) is 8.16. The van der Waals surface area contributed by atoms with E-state index in [9.17, 15) is 4.79 Å². The van der Waals surface area contributed by atoms with E-state index >= 15 is 0 Å². The van der Waals surface area contributed by atoms with Crippen LogP contribution in [0.4, 0.5) is 5.82 Å². The fourth-order valence-electron chi connectivity index (χ4n) is 4.94. The van der Waals surface area contributed by atoms with Gasteiger partial charge in [0.25, 0.3) is 5.91 Å². The van der Waals surface area contributed by atoms with Crippen LogP contribution in [0.1, 0.15) is 40.6 Å². The summed E-state index contributed by atoms with van der Waals surface area (Å²) in [6.07, 6.45) is 8.33. The van der Waals surface area contributed by atoms with Crippen molar-refractivity contribution in [3.63, 3.8) is 0 Å². The van der Waals surface area contributed by atoms with E-state index in [-0.39, 0.29) is 17.6 Å². The highest BCUT2D eigenvalue weighted by Gasteiger charge is 2.29. The van der Waals surface area contributed by atoms with E-state index in [0.29, 0.717) is 24.6 Å². The molecule has 6 rings (SSSR count).